The number of carbonyl (C=O) groups excluding carboxylic acids is 1. The Morgan fingerprint density at radius 3 is 2.58 bits per heavy atom. The molecule has 4 atom stereocenters. The van der Waals surface area contributed by atoms with Crippen molar-refractivity contribution in [1.29, 1.82) is 0 Å². The molecule has 3 N–H and O–H groups in total. The molecule has 0 saturated heterocycles. The zero-order valence-electron chi connectivity index (χ0n) is 19.4. The molecule has 168 valence electrons. The van der Waals surface area contributed by atoms with E-state index in [0.29, 0.717) is 41.7 Å². The van der Waals surface area contributed by atoms with Gasteiger partial charge in [0.15, 0.2) is 0 Å². The highest BCUT2D eigenvalue weighted by Gasteiger charge is 2.32. The van der Waals surface area contributed by atoms with Crippen molar-refractivity contribution in [1.82, 2.24) is 9.97 Å². The molecular formula is C25H36N4O2. The Morgan fingerprint density at radius 1 is 1.35 bits per heavy atom. The van der Waals surface area contributed by atoms with E-state index in [1.807, 2.05) is 19.1 Å². The summed E-state index contributed by atoms with van der Waals surface area (Å²) in [5.74, 6) is 1.51. The fourth-order valence-electron chi connectivity index (χ4n) is 3.65. The highest BCUT2D eigenvalue weighted by molar-refractivity contribution is 5.92. The number of nitrogens with two attached hydrogens (primary N) is 1. The van der Waals surface area contributed by atoms with Crippen LogP contribution in [0.2, 0.25) is 0 Å². The molecule has 4 unspecified atom stereocenters. The largest absolute Gasteiger partial charge is 0.462 e. The first-order valence-corrected chi connectivity index (χ1v) is 11.0. The number of hydrogen-bond donors (Lipinski definition) is 2. The van der Waals surface area contributed by atoms with E-state index in [4.69, 9.17) is 10.5 Å². The van der Waals surface area contributed by atoms with E-state index in [1.54, 1.807) is 25.3 Å². The van der Waals surface area contributed by atoms with E-state index in [-0.39, 0.29) is 5.97 Å². The minimum absolute atomic E-state index is 0.296. The number of hydrogen-bond acceptors (Lipinski definition) is 6. The van der Waals surface area contributed by atoms with Crippen LogP contribution in [0.15, 0.2) is 48.9 Å². The van der Waals surface area contributed by atoms with E-state index >= 15 is 0 Å². The van der Waals surface area contributed by atoms with E-state index in [1.165, 1.54) is 18.3 Å². The standard InChI is InChI=1S/C20H30N2O2.C5H6N2/c1-6-24-20(23)16-7-8-19(18(21)11-16)22-15(5)13(3)10-17-9-12(2)14(17)4;1-5-2-3-6-4-7-5/h7-8,11-13,15,17,22H,4,6,9-10,21H2,1-3,5H3;2-4H,1H3. The zero-order valence-corrected chi connectivity index (χ0v) is 19.4. The number of anilines is 2. The molecule has 31 heavy (non-hydrogen) atoms. The molecule has 3 rings (SSSR count). The predicted molar refractivity (Wildman–Crippen MR) is 127 cm³/mol. The number of nitrogen functional groups attached to an aromatic ring is 1. The van der Waals surface area contributed by atoms with Gasteiger partial charge in [-0.2, -0.15) is 0 Å². The summed E-state index contributed by atoms with van der Waals surface area (Å²) in [6.07, 6.45) is 5.67. The number of ether oxygens (including phenoxy) is 1. The summed E-state index contributed by atoms with van der Waals surface area (Å²) in [5, 5.41) is 3.48. The summed E-state index contributed by atoms with van der Waals surface area (Å²) in [7, 11) is 0. The van der Waals surface area contributed by atoms with Gasteiger partial charge in [0.1, 0.15) is 6.33 Å². The molecule has 1 aromatic heterocycles. The molecule has 1 aromatic carbocycles. The number of allylic oxidation sites excluding steroid dienone is 1. The maximum Gasteiger partial charge on any atom is 0.338 e. The number of benzene rings is 1. The van der Waals surface area contributed by atoms with Crippen LogP contribution >= 0.6 is 0 Å². The van der Waals surface area contributed by atoms with Crippen LogP contribution in [0.4, 0.5) is 11.4 Å². The molecule has 6 nitrogen and oxygen atoms in total. The van der Waals surface area contributed by atoms with Crippen LogP contribution in [0, 0.1) is 24.7 Å². The van der Waals surface area contributed by atoms with Crippen LogP contribution < -0.4 is 11.1 Å². The van der Waals surface area contributed by atoms with Crippen molar-refractivity contribution in [3.63, 3.8) is 0 Å². The molecular weight excluding hydrogens is 388 g/mol. The van der Waals surface area contributed by atoms with Crippen LogP contribution in [0.1, 0.15) is 56.6 Å². The SMILES string of the molecule is C=C1C(C)CC1CC(C)C(C)Nc1ccc(C(=O)OCC)cc1N.Cc1ccncn1. The normalized spacial score (nSPS) is 19.3. The van der Waals surface area contributed by atoms with E-state index in [0.717, 1.165) is 17.8 Å². The van der Waals surface area contributed by atoms with Crippen LogP contribution in [0.5, 0.6) is 0 Å². The molecule has 1 saturated carbocycles. The Labute approximate surface area is 186 Å². The highest BCUT2D eigenvalue weighted by atomic mass is 16.5. The summed E-state index contributed by atoms with van der Waals surface area (Å²) in [6, 6.07) is 7.44. The lowest BCUT2D eigenvalue weighted by Crippen LogP contribution is -2.31. The van der Waals surface area contributed by atoms with Gasteiger partial charge in [0.25, 0.3) is 0 Å². The van der Waals surface area contributed by atoms with Crippen molar-refractivity contribution in [3.8, 4) is 0 Å². The Morgan fingerprint density at radius 2 is 2.10 bits per heavy atom. The molecule has 0 amide bonds. The molecule has 1 aliphatic rings. The number of nitrogens with one attached hydrogen (secondary N) is 1. The van der Waals surface area contributed by atoms with E-state index in [9.17, 15) is 4.79 Å². The second-order valence-electron chi connectivity index (χ2n) is 8.43. The number of rotatable bonds is 7. The van der Waals surface area contributed by atoms with Crippen LogP contribution in [-0.4, -0.2) is 28.6 Å². The monoisotopic (exact) mass is 424 g/mol. The van der Waals surface area contributed by atoms with Crippen molar-refractivity contribution in [2.45, 2.75) is 53.5 Å². The molecule has 0 aliphatic heterocycles. The minimum Gasteiger partial charge on any atom is -0.462 e. The van der Waals surface area contributed by atoms with Crippen LogP contribution in [0.3, 0.4) is 0 Å². The molecule has 0 radical (unpaired) electrons. The third-order valence-electron chi connectivity index (χ3n) is 5.98. The average molecular weight is 425 g/mol. The van der Waals surface area contributed by atoms with Gasteiger partial charge in [-0.3, -0.25) is 0 Å². The summed E-state index contributed by atoms with van der Waals surface area (Å²) < 4.78 is 5.00. The fourth-order valence-corrected chi connectivity index (χ4v) is 3.65. The maximum atomic E-state index is 11.8. The molecule has 1 fully saturated rings. The lowest BCUT2D eigenvalue weighted by molar-refractivity contribution is 0.0526. The average Bonchev–Trinajstić information content (AvgIpc) is 2.75. The van der Waals surface area contributed by atoms with Crippen molar-refractivity contribution < 1.29 is 9.53 Å². The van der Waals surface area contributed by atoms with Crippen LogP contribution in [-0.2, 0) is 4.74 Å². The smallest absolute Gasteiger partial charge is 0.338 e. The number of carbonyl (C=O) groups is 1. The minimum atomic E-state index is -0.338. The van der Waals surface area contributed by atoms with Gasteiger partial charge in [0.2, 0.25) is 0 Å². The summed E-state index contributed by atoms with van der Waals surface area (Å²) in [6.45, 7) is 15.0. The van der Waals surface area contributed by atoms with Crippen molar-refractivity contribution in [2.24, 2.45) is 17.8 Å². The van der Waals surface area contributed by atoms with Gasteiger partial charge < -0.3 is 15.8 Å². The van der Waals surface area contributed by atoms with Gasteiger partial charge in [-0.15, -0.1) is 0 Å². The van der Waals surface area contributed by atoms with Crippen LogP contribution in [0.25, 0.3) is 0 Å². The lowest BCUT2D eigenvalue weighted by atomic mass is 9.68. The Kier molecular flexibility index (Phi) is 9.03. The Balaban J connectivity index is 0.000000412. The van der Waals surface area contributed by atoms with Gasteiger partial charge in [-0.1, -0.05) is 26.0 Å². The number of nitrogens with zero attached hydrogens (tertiary/aromatic N) is 2. The molecule has 0 spiro atoms. The van der Waals surface area contributed by atoms with Gasteiger partial charge in [0.05, 0.1) is 23.5 Å². The Hall–Kier alpha value is -2.89. The van der Waals surface area contributed by atoms with Gasteiger partial charge in [0, 0.05) is 17.9 Å². The molecule has 6 heteroatoms. The number of aryl methyl sites for hydroxylation is 1. The summed E-state index contributed by atoms with van der Waals surface area (Å²) >= 11 is 0. The Bertz CT molecular complexity index is 869. The van der Waals surface area contributed by atoms with E-state index < -0.39 is 0 Å². The first-order valence-electron chi connectivity index (χ1n) is 11.0. The summed E-state index contributed by atoms with van der Waals surface area (Å²) in [4.78, 5) is 19.4. The third-order valence-corrected chi connectivity index (χ3v) is 5.98. The molecule has 1 aliphatic carbocycles. The second-order valence-corrected chi connectivity index (χ2v) is 8.43. The van der Waals surface area contributed by atoms with E-state index in [2.05, 4.69) is 42.6 Å². The maximum absolute atomic E-state index is 11.8. The molecule has 2 aromatic rings. The zero-order chi connectivity index (χ0) is 23.0. The van der Waals surface area contributed by atoms with Crippen molar-refractivity contribution in [3.05, 3.63) is 60.2 Å². The highest BCUT2D eigenvalue weighted by Crippen LogP contribution is 2.42. The third kappa shape index (κ3) is 7.09. The topological polar surface area (TPSA) is 90.1 Å². The predicted octanol–water partition coefficient (Wildman–Crippen LogP) is 5.27. The molecule has 1 heterocycles. The quantitative estimate of drug-likeness (QED) is 0.357. The molecule has 0 bridgehead atoms. The number of esters is 1. The van der Waals surface area contributed by atoms with Gasteiger partial charge in [-0.25, -0.2) is 14.8 Å². The van der Waals surface area contributed by atoms with Crippen molar-refractivity contribution in [2.75, 3.05) is 17.7 Å². The van der Waals surface area contributed by atoms with Gasteiger partial charge >= 0.3 is 5.97 Å². The second kappa shape index (κ2) is 11.5. The van der Waals surface area contributed by atoms with Crippen molar-refractivity contribution >= 4 is 17.3 Å². The fraction of sp³-hybridized carbons (Fsp3) is 0.480. The summed E-state index contributed by atoms with van der Waals surface area (Å²) in [5.41, 5.74) is 10.4. The first-order chi connectivity index (χ1) is 14.7. The lowest BCUT2D eigenvalue weighted by Gasteiger charge is -2.39. The number of aromatic nitrogens is 2. The van der Waals surface area contributed by atoms with Gasteiger partial charge in [-0.05, 0) is 75.6 Å². The first kappa shape index (κ1) is 24.4.